The first kappa shape index (κ1) is 15.0. The van der Waals surface area contributed by atoms with Crippen LogP contribution in [0.5, 0.6) is 0 Å². The lowest BCUT2D eigenvalue weighted by molar-refractivity contribution is -0.141. The molecule has 1 aromatic carbocycles. The summed E-state index contributed by atoms with van der Waals surface area (Å²) in [6, 6.07) is 1.48. The van der Waals surface area contributed by atoms with E-state index in [4.69, 9.17) is 5.11 Å². The highest BCUT2D eigenvalue weighted by molar-refractivity contribution is 5.75. The minimum atomic E-state index is -1.60. The normalized spacial score (nSPS) is 12.0. The number of benzene rings is 1. The molecule has 0 fully saturated rings. The van der Waals surface area contributed by atoms with Gasteiger partial charge in [0.25, 0.3) is 0 Å². The van der Waals surface area contributed by atoms with Gasteiger partial charge in [0.1, 0.15) is 0 Å². The Bertz CT molecular complexity index is 482. The van der Waals surface area contributed by atoms with Gasteiger partial charge in [0, 0.05) is 13.5 Å². The Morgan fingerprint density at radius 1 is 1.26 bits per heavy atom. The number of hydrogen-bond acceptors (Lipinski definition) is 2. The first-order chi connectivity index (χ1) is 8.81. The second-order valence-corrected chi connectivity index (χ2v) is 4.05. The van der Waals surface area contributed by atoms with Crippen molar-refractivity contribution in [3.63, 3.8) is 0 Å². The van der Waals surface area contributed by atoms with Crippen LogP contribution < -0.4 is 5.32 Å². The summed E-state index contributed by atoms with van der Waals surface area (Å²) in [5.74, 6) is -7.04. The van der Waals surface area contributed by atoms with Crippen LogP contribution in [0.3, 0.4) is 0 Å². The van der Waals surface area contributed by atoms with E-state index in [9.17, 15) is 22.8 Å². The maximum atomic E-state index is 13.0. The van der Waals surface area contributed by atoms with E-state index in [2.05, 4.69) is 5.32 Å². The number of amides is 1. The lowest BCUT2D eigenvalue weighted by Crippen LogP contribution is -2.32. The molecule has 7 heteroatoms. The van der Waals surface area contributed by atoms with Crippen molar-refractivity contribution < 1.29 is 27.9 Å². The van der Waals surface area contributed by atoms with Crippen LogP contribution in [0.4, 0.5) is 13.2 Å². The minimum Gasteiger partial charge on any atom is -0.481 e. The van der Waals surface area contributed by atoms with Gasteiger partial charge in [-0.15, -0.1) is 0 Å². The first-order valence-corrected chi connectivity index (χ1v) is 5.42. The fourth-order valence-electron chi connectivity index (χ4n) is 1.52. The van der Waals surface area contributed by atoms with Crippen molar-refractivity contribution in [3.8, 4) is 0 Å². The average Bonchev–Trinajstić information content (AvgIpc) is 2.30. The zero-order chi connectivity index (χ0) is 14.6. The van der Waals surface area contributed by atoms with Gasteiger partial charge < -0.3 is 10.4 Å². The van der Waals surface area contributed by atoms with E-state index in [1.54, 1.807) is 0 Å². The van der Waals surface area contributed by atoms with E-state index in [0.29, 0.717) is 0 Å². The van der Waals surface area contributed by atoms with Crippen molar-refractivity contribution in [2.75, 3.05) is 6.54 Å². The van der Waals surface area contributed by atoms with Gasteiger partial charge in [-0.1, -0.05) is 0 Å². The molecule has 0 spiro atoms. The van der Waals surface area contributed by atoms with Crippen molar-refractivity contribution in [1.29, 1.82) is 0 Å². The molecule has 2 N–H and O–H groups in total. The summed E-state index contributed by atoms with van der Waals surface area (Å²) in [5, 5.41) is 11.2. The summed E-state index contributed by atoms with van der Waals surface area (Å²) < 4.78 is 38.7. The maximum absolute atomic E-state index is 13.0. The molecule has 1 aromatic rings. The van der Waals surface area contributed by atoms with Crippen LogP contribution in [0.2, 0.25) is 0 Å². The number of nitrogens with one attached hydrogen (secondary N) is 1. The second-order valence-electron chi connectivity index (χ2n) is 4.05. The molecule has 0 heterocycles. The summed E-state index contributed by atoms with van der Waals surface area (Å²) in [4.78, 5) is 21.6. The molecule has 1 atom stereocenters. The van der Waals surface area contributed by atoms with Crippen LogP contribution in [-0.2, 0) is 16.0 Å². The van der Waals surface area contributed by atoms with Crippen LogP contribution in [0, 0.1) is 23.4 Å². The number of carbonyl (C=O) groups excluding carboxylic acids is 1. The number of halogens is 3. The SMILES string of the molecule is CC(=O)NCC(Cc1cc(F)c(F)c(F)c1)C(=O)O. The molecule has 19 heavy (non-hydrogen) atoms. The topological polar surface area (TPSA) is 66.4 Å². The van der Waals surface area contributed by atoms with Crippen molar-refractivity contribution in [3.05, 3.63) is 35.1 Å². The molecule has 0 aliphatic rings. The van der Waals surface area contributed by atoms with Crippen molar-refractivity contribution in [1.82, 2.24) is 5.32 Å². The lowest BCUT2D eigenvalue weighted by atomic mass is 9.99. The van der Waals surface area contributed by atoms with Crippen LogP contribution >= 0.6 is 0 Å². The zero-order valence-corrected chi connectivity index (χ0v) is 10.0. The van der Waals surface area contributed by atoms with E-state index in [-0.39, 0.29) is 18.5 Å². The molecule has 0 aliphatic carbocycles. The fourth-order valence-corrected chi connectivity index (χ4v) is 1.52. The molecule has 4 nitrogen and oxygen atoms in total. The van der Waals surface area contributed by atoms with Crippen LogP contribution in [0.1, 0.15) is 12.5 Å². The summed E-state index contributed by atoms with van der Waals surface area (Å²) in [6.07, 6.45) is -0.219. The summed E-state index contributed by atoms with van der Waals surface area (Å²) >= 11 is 0. The minimum absolute atomic E-state index is 0.00847. The quantitative estimate of drug-likeness (QED) is 0.800. The molecule has 0 saturated carbocycles. The molecule has 0 bridgehead atoms. The van der Waals surface area contributed by atoms with E-state index in [1.807, 2.05) is 0 Å². The Balaban J connectivity index is 2.85. The average molecular weight is 275 g/mol. The predicted octanol–water partition coefficient (Wildman–Crippen LogP) is 1.48. The van der Waals surface area contributed by atoms with Crippen molar-refractivity contribution in [2.45, 2.75) is 13.3 Å². The van der Waals surface area contributed by atoms with Gasteiger partial charge in [0.05, 0.1) is 5.92 Å². The Kier molecular flexibility index (Phi) is 4.91. The number of aliphatic carboxylic acids is 1. The van der Waals surface area contributed by atoms with Gasteiger partial charge in [-0.05, 0) is 24.1 Å². The number of carboxylic acids is 1. The molecular formula is C12H12F3NO3. The van der Waals surface area contributed by atoms with Crippen LogP contribution in [0.25, 0.3) is 0 Å². The van der Waals surface area contributed by atoms with Gasteiger partial charge in [-0.3, -0.25) is 9.59 Å². The zero-order valence-electron chi connectivity index (χ0n) is 10.0. The first-order valence-electron chi connectivity index (χ1n) is 5.42. The molecule has 0 aliphatic heterocycles. The summed E-state index contributed by atoms with van der Waals surface area (Å²) in [6.45, 7) is 1.04. The highest BCUT2D eigenvalue weighted by Gasteiger charge is 2.20. The largest absolute Gasteiger partial charge is 0.481 e. The molecule has 1 amide bonds. The molecule has 0 radical (unpaired) electrons. The van der Waals surface area contributed by atoms with E-state index >= 15 is 0 Å². The predicted molar refractivity (Wildman–Crippen MR) is 59.8 cm³/mol. The third-order valence-electron chi connectivity index (χ3n) is 2.47. The Hall–Kier alpha value is -2.05. The Morgan fingerprint density at radius 2 is 1.79 bits per heavy atom. The second kappa shape index (κ2) is 6.21. The molecular weight excluding hydrogens is 263 g/mol. The van der Waals surface area contributed by atoms with Crippen molar-refractivity contribution in [2.24, 2.45) is 5.92 Å². The maximum Gasteiger partial charge on any atom is 0.308 e. The van der Waals surface area contributed by atoms with E-state index < -0.39 is 35.2 Å². The molecule has 0 saturated heterocycles. The number of carboxylic acid groups (broad SMARTS) is 1. The van der Waals surface area contributed by atoms with Gasteiger partial charge in [-0.2, -0.15) is 0 Å². The Morgan fingerprint density at radius 3 is 2.21 bits per heavy atom. The number of carbonyl (C=O) groups is 2. The van der Waals surface area contributed by atoms with Crippen LogP contribution in [-0.4, -0.2) is 23.5 Å². The smallest absolute Gasteiger partial charge is 0.308 e. The monoisotopic (exact) mass is 275 g/mol. The van der Waals surface area contributed by atoms with Gasteiger partial charge in [0.2, 0.25) is 5.91 Å². The van der Waals surface area contributed by atoms with Gasteiger partial charge in [0.15, 0.2) is 17.5 Å². The summed E-state index contributed by atoms with van der Waals surface area (Å²) in [5.41, 5.74) is 0.00847. The summed E-state index contributed by atoms with van der Waals surface area (Å²) in [7, 11) is 0. The van der Waals surface area contributed by atoms with Gasteiger partial charge >= 0.3 is 5.97 Å². The highest BCUT2D eigenvalue weighted by Crippen LogP contribution is 2.16. The van der Waals surface area contributed by atoms with Crippen LogP contribution in [0.15, 0.2) is 12.1 Å². The number of hydrogen-bond donors (Lipinski definition) is 2. The molecule has 0 aromatic heterocycles. The molecule has 1 rings (SSSR count). The standard InChI is InChI=1S/C12H12F3NO3/c1-6(17)16-5-8(12(18)19)2-7-3-9(13)11(15)10(14)4-7/h3-4,8H,2,5H2,1H3,(H,16,17)(H,18,19). The van der Waals surface area contributed by atoms with E-state index in [0.717, 1.165) is 12.1 Å². The van der Waals surface area contributed by atoms with Crippen molar-refractivity contribution >= 4 is 11.9 Å². The third kappa shape index (κ3) is 4.27. The number of rotatable bonds is 5. The third-order valence-corrected chi connectivity index (χ3v) is 2.47. The van der Waals surface area contributed by atoms with E-state index in [1.165, 1.54) is 6.92 Å². The highest BCUT2D eigenvalue weighted by atomic mass is 19.2. The lowest BCUT2D eigenvalue weighted by Gasteiger charge is -2.13. The fraction of sp³-hybridized carbons (Fsp3) is 0.333. The molecule has 1 unspecified atom stereocenters. The Labute approximate surface area is 107 Å². The van der Waals surface area contributed by atoms with Gasteiger partial charge in [-0.25, -0.2) is 13.2 Å². The molecule has 104 valence electrons.